The molecule has 4 N–H and O–H groups in total. The Balaban J connectivity index is 1.68. The van der Waals surface area contributed by atoms with Crippen LogP contribution in [0.3, 0.4) is 0 Å². The van der Waals surface area contributed by atoms with Crippen molar-refractivity contribution in [2.45, 2.75) is 38.8 Å². The molecule has 0 aliphatic carbocycles. The average Bonchev–Trinajstić information content (AvgIpc) is 3.24. The van der Waals surface area contributed by atoms with Crippen molar-refractivity contribution < 1.29 is 14.3 Å². The SMILES string of the molecule is CCc1[nH]c(C(=O)NC2CCN(c3nc(C)c(C(N)=O)s3)C[C@@H]2OC)nc1Cl. The number of halogens is 1. The maximum absolute atomic E-state index is 12.5. The van der Waals surface area contributed by atoms with E-state index in [0.717, 1.165) is 10.8 Å². The highest BCUT2D eigenvalue weighted by atomic mass is 35.5. The zero-order chi connectivity index (χ0) is 20.4. The molecule has 9 nitrogen and oxygen atoms in total. The first-order chi connectivity index (χ1) is 13.3. The fourth-order valence-corrected chi connectivity index (χ4v) is 4.43. The van der Waals surface area contributed by atoms with E-state index in [1.165, 1.54) is 11.3 Å². The van der Waals surface area contributed by atoms with Crippen molar-refractivity contribution in [3.05, 3.63) is 27.2 Å². The van der Waals surface area contributed by atoms with E-state index in [1.807, 2.05) is 11.8 Å². The van der Waals surface area contributed by atoms with Gasteiger partial charge in [0.25, 0.3) is 11.8 Å². The van der Waals surface area contributed by atoms with Gasteiger partial charge >= 0.3 is 0 Å². The summed E-state index contributed by atoms with van der Waals surface area (Å²) in [5.41, 5.74) is 6.74. The Labute approximate surface area is 171 Å². The number of H-pyrrole nitrogens is 1. The zero-order valence-electron chi connectivity index (χ0n) is 15.9. The third kappa shape index (κ3) is 4.13. The number of imidazole rings is 1. The molecule has 3 rings (SSSR count). The molecular formula is C17H23ClN6O3S. The number of nitrogens with two attached hydrogens (primary N) is 1. The van der Waals surface area contributed by atoms with Crippen molar-refractivity contribution in [1.29, 1.82) is 0 Å². The third-order valence-electron chi connectivity index (χ3n) is 4.75. The normalized spacial score (nSPS) is 19.6. The Kier molecular flexibility index (Phi) is 6.21. The number of hydrogen-bond acceptors (Lipinski definition) is 7. The van der Waals surface area contributed by atoms with Gasteiger partial charge in [0.2, 0.25) is 0 Å². The van der Waals surface area contributed by atoms with E-state index in [2.05, 4.69) is 20.3 Å². The molecule has 1 unspecified atom stereocenters. The summed E-state index contributed by atoms with van der Waals surface area (Å²) < 4.78 is 5.60. The lowest BCUT2D eigenvalue weighted by atomic mass is 10.0. The minimum absolute atomic E-state index is 0.181. The van der Waals surface area contributed by atoms with Crippen LogP contribution in [0.25, 0.3) is 0 Å². The first kappa shape index (κ1) is 20.6. The number of carbonyl (C=O) groups is 2. The lowest BCUT2D eigenvalue weighted by Crippen LogP contribution is -2.55. The van der Waals surface area contributed by atoms with Gasteiger partial charge in [0.05, 0.1) is 23.5 Å². The van der Waals surface area contributed by atoms with Crippen LogP contribution in [0.1, 0.15) is 45.0 Å². The number of thiazole rings is 1. The summed E-state index contributed by atoms with van der Waals surface area (Å²) in [4.78, 5) is 38.0. The molecule has 2 atom stereocenters. The van der Waals surface area contributed by atoms with Crippen LogP contribution >= 0.6 is 22.9 Å². The van der Waals surface area contributed by atoms with Gasteiger partial charge in [-0.1, -0.05) is 29.9 Å². The first-order valence-electron chi connectivity index (χ1n) is 8.94. The summed E-state index contributed by atoms with van der Waals surface area (Å²) in [7, 11) is 1.61. The number of aromatic nitrogens is 3. The molecule has 1 aliphatic heterocycles. The summed E-state index contributed by atoms with van der Waals surface area (Å²) in [6.07, 6.45) is 1.08. The number of amides is 2. The molecule has 2 aromatic heterocycles. The summed E-state index contributed by atoms with van der Waals surface area (Å²) >= 11 is 7.29. The van der Waals surface area contributed by atoms with Crippen LogP contribution in [-0.4, -0.2) is 59.1 Å². The molecule has 3 heterocycles. The number of carbonyl (C=O) groups excluding carboxylic acids is 2. The van der Waals surface area contributed by atoms with Gasteiger partial charge < -0.3 is 25.7 Å². The van der Waals surface area contributed by atoms with Crippen LogP contribution in [0.5, 0.6) is 0 Å². The molecule has 11 heteroatoms. The number of aromatic amines is 1. The van der Waals surface area contributed by atoms with Crippen molar-refractivity contribution in [2.75, 3.05) is 25.1 Å². The average molecular weight is 427 g/mol. The molecule has 0 spiro atoms. The van der Waals surface area contributed by atoms with Crippen LogP contribution in [0, 0.1) is 6.92 Å². The number of rotatable bonds is 6. The molecule has 1 fully saturated rings. The molecule has 152 valence electrons. The lowest BCUT2D eigenvalue weighted by Gasteiger charge is -2.37. The minimum Gasteiger partial charge on any atom is -0.377 e. The molecule has 0 radical (unpaired) electrons. The quantitative estimate of drug-likeness (QED) is 0.642. The van der Waals surface area contributed by atoms with E-state index in [0.29, 0.717) is 41.7 Å². The molecule has 0 saturated carbocycles. The van der Waals surface area contributed by atoms with Crippen LogP contribution in [0.15, 0.2) is 0 Å². The highest BCUT2D eigenvalue weighted by Crippen LogP contribution is 2.29. The second-order valence-corrected chi connectivity index (χ2v) is 7.91. The van der Waals surface area contributed by atoms with E-state index >= 15 is 0 Å². The van der Waals surface area contributed by atoms with Gasteiger partial charge in [-0.3, -0.25) is 9.59 Å². The van der Waals surface area contributed by atoms with E-state index in [9.17, 15) is 9.59 Å². The largest absolute Gasteiger partial charge is 0.377 e. The number of anilines is 1. The Morgan fingerprint density at radius 2 is 2.21 bits per heavy atom. The Hall–Kier alpha value is -2.17. The molecule has 0 aromatic carbocycles. The highest BCUT2D eigenvalue weighted by Gasteiger charge is 2.33. The number of primary amides is 1. The summed E-state index contributed by atoms with van der Waals surface area (Å²) in [5.74, 6) is -0.598. The number of methoxy groups -OCH3 is 1. The number of nitrogens with one attached hydrogen (secondary N) is 2. The maximum Gasteiger partial charge on any atom is 0.287 e. The van der Waals surface area contributed by atoms with Crippen molar-refractivity contribution in [3.63, 3.8) is 0 Å². The second kappa shape index (κ2) is 8.46. The zero-order valence-corrected chi connectivity index (χ0v) is 17.5. The van der Waals surface area contributed by atoms with Crippen LogP contribution in [-0.2, 0) is 11.2 Å². The van der Waals surface area contributed by atoms with Gasteiger partial charge in [0.1, 0.15) is 4.88 Å². The molecule has 2 aromatic rings. The second-order valence-electron chi connectivity index (χ2n) is 6.57. The molecular weight excluding hydrogens is 404 g/mol. The number of piperidine rings is 1. The standard InChI is InChI=1S/C17H23ClN6O3S/c1-4-9-13(18)23-15(21-9)16(26)22-10-5-6-24(7-11(10)27-3)17-20-8(2)12(28-17)14(19)25/h10-11H,4-7H2,1-3H3,(H2,19,25)(H,21,23)(H,22,26)/t10?,11-/m0/s1. The van der Waals surface area contributed by atoms with Crippen molar-refractivity contribution >= 4 is 39.9 Å². The van der Waals surface area contributed by atoms with Gasteiger partial charge in [-0.25, -0.2) is 9.97 Å². The maximum atomic E-state index is 12.5. The van der Waals surface area contributed by atoms with Crippen LogP contribution in [0.2, 0.25) is 5.15 Å². The minimum atomic E-state index is -0.477. The number of hydrogen-bond donors (Lipinski definition) is 3. The van der Waals surface area contributed by atoms with Crippen molar-refractivity contribution in [1.82, 2.24) is 20.3 Å². The molecule has 1 saturated heterocycles. The van der Waals surface area contributed by atoms with Gasteiger partial charge in [-0.15, -0.1) is 0 Å². The molecule has 2 amide bonds. The van der Waals surface area contributed by atoms with E-state index < -0.39 is 5.91 Å². The van der Waals surface area contributed by atoms with Crippen molar-refractivity contribution in [3.8, 4) is 0 Å². The topological polar surface area (TPSA) is 126 Å². The van der Waals surface area contributed by atoms with E-state index in [1.54, 1.807) is 14.0 Å². The predicted molar refractivity (Wildman–Crippen MR) is 107 cm³/mol. The van der Waals surface area contributed by atoms with Gasteiger partial charge in [0, 0.05) is 20.2 Å². The fourth-order valence-electron chi connectivity index (χ4n) is 3.21. The summed E-state index contributed by atoms with van der Waals surface area (Å²) in [5, 5.41) is 4.01. The van der Waals surface area contributed by atoms with Crippen LogP contribution in [0.4, 0.5) is 5.13 Å². The molecule has 28 heavy (non-hydrogen) atoms. The molecule has 0 bridgehead atoms. The van der Waals surface area contributed by atoms with Crippen LogP contribution < -0.4 is 16.0 Å². The smallest absolute Gasteiger partial charge is 0.287 e. The number of ether oxygens (including phenoxy) is 1. The van der Waals surface area contributed by atoms with E-state index in [-0.39, 0.29) is 23.9 Å². The highest BCUT2D eigenvalue weighted by molar-refractivity contribution is 7.17. The number of aryl methyl sites for hydroxylation is 2. The Bertz CT molecular complexity index is 882. The van der Waals surface area contributed by atoms with Gasteiger partial charge in [-0.05, 0) is 19.8 Å². The molecule has 1 aliphatic rings. The van der Waals surface area contributed by atoms with E-state index in [4.69, 9.17) is 22.1 Å². The fraction of sp³-hybridized carbons (Fsp3) is 0.529. The van der Waals surface area contributed by atoms with Gasteiger partial charge in [0.15, 0.2) is 16.1 Å². The Morgan fingerprint density at radius 3 is 2.79 bits per heavy atom. The van der Waals surface area contributed by atoms with Gasteiger partial charge in [-0.2, -0.15) is 0 Å². The predicted octanol–water partition coefficient (Wildman–Crippen LogP) is 1.51. The van der Waals surface area contributed by atoms with Crippen molar-refractivity contribution in [2.24, 2.45) is 5.73 Å². The summed E-state index contributed by atoms with van der Waals surface area (Å²) in [6, 6.07) is -0.181. The lowest BCUT2D eigenvalue weighted by molar-refractivity contribution is 0.0538. The number of nitrogens with zero attached hydrogens (tertiary/aromatic N) is 3. The monoisotopic (exact) mass is 426 g/mol. The Morgan fingerprint density at radius 1 is 1.46 bits per heavy atom. The third-order valence-corrected chi connectivity index (χ3v) is 6.30. The first-order valence-corrected chi connectivity index (χ1v) is 10.1. The summed E-state index contributed by atoms with van der Waals surface area (Å²) in [6.45, 7) is 4.89.